The molecule has 0 aliphatic rings. The van der Waals surface area contributed by atoms with Crippen LogP contribution in [0.3, 0.4) is 0 Å². The number of hydrogen-bond acceptors (Lipinski definition) is 4. The van der Waals surface area contributed by atoms with Crippen molar-refractivity contribution >= 4 is 29.3 Å². The zero-order chi connectivity index (χ0) is 15.0. The Labute approximate surface area is 122 Å². The second-order valence-electron chi connectivity index (χ2n) is 4.24. The van der Waals surface area contributed by atoms with Crippen molar-refractivity contribution < 1.29 is 19.4 Å². The molecule has 0 heterocycles. The molecule has 0 fully saturated rings. The number of hydrogen-bond donors (Lipinski definition) is 2. The number of thioether (sulfide) groups is 1. The largest absolute Gasteiger partial charge is 0.494 e. The molecule has 0 spiro atoms. The summed E-state index contributed by atoms with van der Waals surface area (Å²) >= 11 is 1.49. The summed E-state index contributed by atoms with van der Waals surface area (Å²) in [5, 5.41) is 11.2. The number of aliphatic carboxylic acids is 1. The molecule has 0 radical (unpaired) electrons. The standard InChI is InChI=1S/C14H19NO4S/c1-10(20-2)14(18)15-11-5-7-12(8-6-11)19-9-3-4-13(16)17/h5-8,10H,3-4,9H2,1-2H3,(H,15,18)(H,16,17). The number of amides is 1. The van der Waals surface area contributed by atoms with E-state index in [0.29, 0.717) is 24.5 Å². The van der Waals surface area contributed by atoms with Crippen molar-refractivity contribution in [2.75, 3.05) is 18.2 Å². The lowest BCUT2D eigenvalue weighted by Crippen LogP contribution is -2.21. The molecule has 1 rings (SSSR count). The van der Waals surface area contributed by atoms with Crippen LogP contribution >= 0.6 is 11.8 Å². The van der Waals surface area contributed by atoms with Gasteiger partial charge in [-0.25, -0.2) is 0 Å². The quantitative estimate of drug-likeness (QED) is 0.721. The van der Waals surface area contributed by atoms with Gasteiger partial charge in [0, 0.05) is 12.1 Å². The van der Waals surface area contributed by atoms with Gasteiger partial charge in [0.05, 0.1) is 11.9 Å². The Kier molecular flexibility index (Phi) is 6.93. The smallest absolute Gasteiger partial charge is 0.303 e. The molecular weight excluding hydrogens is 278 g/mol. The number of carbonyl (C=O) groups is 2. The van der Waals surface area contributed by atoms with Crippen molar-refractivity contribution in [3.05, 3.63) is 24.3 Å². The molecule has 0 aliphatic heterocycles. The van der Waals surface area contributed by atoms with E-state index < -0.39 is 5.97 Å². The number of benzene rings is 1. The molecule has 0 saturated carbocycles. The SMILES string of the molecule is CSC(C)C(=O)Nc1ccc(OCCCC(=O)O)cc1. The van der Waals surface area contributed by atoms with Crippen molar-refractivity contribution in [2.24, 2.45) is 0 Å². The summed E-state index contributed by atoms with van der Waals surface area (Å²) < 4.78 is 5.40. The highest BCUT2D eigenvalue weighted by molar-refractivity contribution is 7.99. The van der Waals surface area contributed by atoms with Crippen molar-refractivity contribution in [2.45, 2.75) is 25.0 Å². The molecule has 1 aromatic carbocycles. The summed E-state index contributed by atoms with van der Waals surface area (Å²) in [4.78, 5) is 22.0. The van der Waals surface area contributed by atoms with Crippen LogP contribution in [0.4, 0.5) is 5.69 Å². The van der Waals surface area contributed by atoms with Crippen molar-refractivity contribution in [3.8, 4) is 5.75 Å². The first kappa shape index (κ1) is 16.4. The van der Waals surface area contributed by atoms with Crippen LogP contribution in [0.2, 0.25) is 0 Å². The highest BCUT2D eigenvalue weighted by atomic mass is 32.2. The lowest BCUT2D eigenvalue weighted by Gasteiger charge is -2.10. The normalized spacial score (nSPS) is 11.7. The number of anilines is 1. The van der Waals surface area contributed by atoms with Crippen LogP contribution in [0.5, 0.6) is 5.75 Å². The van der Waals surface area contributed by atoms with Crippen LogP contribution in [0, 0.1) is 0 Å². The van der Waals surface area contributed by atoms with E-state index in [2.05, 4.69) is 5.32 Å². The van der Waals surface area contributed by atoms with Crippen LogP contribution in [0.25, 0.3) is 0 Å². The Hall–Kier alpha value is -1.69. The van der Waals surface area contributed by atoms with Gasteiger partial charge in [0.2, 0.25) is 5.91 Å². The molecule has 2 N–H and O–H groups in total. The fourth-order valence-electron chi connectivity index (χ4n) is 1.40. The third kappa shape index (κ3) is 5.97. The van der Waals surface area contributed by atoms with Gasteiger partial charge in [-0.15, -0.1) is 0 Å². The lowest BCUT2D eigenvalue weighted by atomic mass is 10.3. The molecule has 5 nitrogen and oxygen atoms in total. The molecule has 1 amide bonds. The van der Waals surface area contributed by atoms with Gasteiger partial charge in [-0.1, -0.05) is 0 Å². The molecule has 110 valence electrons. The van der Waals surface area contributed by atoms with E-state index in [1.165, 1.54) is 11.8 Å². The van der Waals surface area contributed by atoms with Crippen LogP contribution in [0.15, 0.2) is 24.3 Å². The van der Waals surface area contributed by atoms with Crippen molar-refractivity contribution in [1.29, 1.82) is 0 Å². The lowest BCUT2D eigenvalue weighted by molar-refractivity contribution is -0.137. The first-order valence-corrected chi connectivity index (χ1v) is 7.60. The average molecular weight is 297 g/mol. The second-order valence-corrected chi connectivity index (χ2v) is 5.42. The molecule has 0 bridgehead atoms. The van der Waals surface area contributed by atoms with Gasteiger partial charge in [0.1, 0.15) is 5.75 Å². The third-order valence-corrected chi connectivity index (χ3v) is 3.57. The van der Waals surface area contributed by atoms with Crippen LogP contribution < -0.4 is 10.1 Å². The van der Waals surface area contributed by atoms with E-state index in [1.54, 1.807) is 24.3 Å². The minimum absolute atomic E-state index is 0.0346. The van der Waals surface area contributed by atoms with Gasteiger partial charge in [-0.05, 0) is 43.9 Å². The Morgan fingerprint density at radius 2 is 2.00 bits per heavy atom. The topological polar surface area (TPSA) is 75.6 Å². The Balaban J connectivity index is 2.40. The molecule has 0 aromatic heterocycles. The number of ether oxygens (including phenoxy) is 1. The maximum atomic E-state index is 11.7. The van der Waals surface area contributed by atoms with E-state index in [1.807, 2.05) is 13.2 Å². The van der Waals surface area contributed by atoms with Crippen LogP contribution in [-0.4, -0.2) is 35.1 Å². The van der Waals surface area contributed by atoms with Crippen molar-refractivity contribution in [3.63, 3.8) is 0 Å². The Morgan fingerprint density at radius 3 is 2.55 bits per heavy atom. The van der Waals surface area contributed by atoms with E-state index in [0.717, 1.165) is 0 Å². The number of carboxylic acids is 1. The highest BCUT2D eigenvalue weighted by Gasteiger charge is 2.10. The summed E-state index contributed by atoms with van der Waals surface area (Å²) in [6.45, 7) is 2.21. The molecule has 1 atom stereocenters. The van der Waals surface area contributed by atoms with Gasteiger partial charge in [-0.3, -0.25) is 9.59 Å². The minimum atomic E-state index is -0.824. The molecule has 0 aliphatic carbocycles. The van der Waals surface area contributed by atoms with E-state index in [4.69, 9.17) is 9.84 Å². The monoisotopic (exact) mass is 297 g/mol. The molecule has 0 saturated heterocycles. The second kappa shape index (κ2) is 8.47. The molecule has 6 heteroatoms. The summed E-state index contributed by atoms with van der Waals surface area (Å²) in [6, 6.07) is 7.02. The average Bonchev–Trinajstić information content (AvgIpc) is 2.44. The van der Waals surface area contributed by atoms with E-state index >= 15 is 0 Å². The molecule has 1 unspecified atom stereocenters. The van der Waals surface area contributed by atoms with E-state index in [-0.39, 0.29) is 17.6 Å². The zero-order valence-corrected chi connectivity index (χ0v) is 12.4. The van der Waals surface area contributed by atoms with Gasteiger partial charge in [0.25, 0.3) is 0 Å². The molecule has 20 heavy (non-hydrogen) atoms. The summed E-state index contributed by atoms with van der Waals surface area (Å²) in [7, 11) is 0. The number of nitrogens with one attached hydrogen (secondary N) is 1. The third-order valence-electron chi connectivity index (χ3n) is 2.65. The number of carboxylic acid groups (broad SMARTS) is 1. The fraction of sp³-hybridized carbons (Fsp3) is 0.429. The van der Waals surface area contributed by atoms with Crippen LogP contribution in [-0.2, 0) is 9.59 Å². The molecule has 1 aromatic rings. The molecular formula is C14H19NO4S. The Morgan fingerprint density at radius 1 is 1.35 bits per heavy atom. The van der Waals surface area contributed by atoms with Crippen molar-refractivity contribution in [1.82, 2.24) is 0 Å². The van der Waals surface area contributed by atoms with E-state index in [9.17, 15) is 9.59 Å². The highest BCUT2D eigenvalue weighted by Crippen LogP contribution is 2.17. The first-order valence-electron chi connectivity index (χ1n) is 6.31. The minimum Gasteiger partial charge on any atom is -0.494 e. The van der Waals surface area contributed by atoms with Gasteiger partial charge >= 0.3 is 5.97 Å². The Bertz CT molecular complexity index is 447. The maximum Gasteiger partial charge on any atom is 0.303 e. The predicted molar refractivity (Wildman–Crippen MR) is 80.4 cm³/mol. The van der Waals surface area contributed by atoms with Crippen LogP contribution in [0.1, 0.15) is 19.8 Å². The van der Waals surface area contributed by atoms with Gasteiger partial charge < -0.3 is 15.2 Å². The summed E-state index contributed by atoms with van der Waals surface area (Å²) in [5.41, 5.74) is 0.716. The summed E-state index contributed by atoms with van der Waals surface area (Å²) in [6.07, 6.45) is 2.46. The fourth-order valence-corrected chi connectivity index (χ4v) is 1.67. The van der Waals surface area contributed by atoms with Gasteiger partial charge in [-0.2, -0.15) is 11.8 Å². The first-order chi connectivity index (χ1) is 9.52. The predicted octanol–water partition coefficient (Wildman–Crippen LogP) is 2.62. The summed E-state index contributed by atoms with van der Waals surface area (Å²) in [5.74, 6) is -0.200. The number of rotatable bonds is 8. The number of carbonyl (C=O) groups excluding carboxylic acids is 1. The van der Waals surface area contributed by atoms with Gasteiger partial charge in [0.15, 0.2) is 0 Å². The zero-order valence-electron chi connectivity index (χ0n) is 11.6. The maximum absolute atomic E-state index is 11.7.